The van der Waals surface area contributed by atoms with Crippen LogP contribution in [0.1, 0.15) is 11.1 Å². The lowest BCUT2D eigenvalue weighted by atomic mass is 10.1. The Hall–Kier alpha value is -3.69. The van der Waals surface area contributed by atoms with Crippen molar-refractivity contribution in [3.05, 3.63) is 59.9 Å². The van der Waals surface area contributed by atoms with Crippen LogP contribution in [-0.4, -0.2) is 24.7 Å². The van der Waals surface area contributed by atoms with E-state index < -0.39 is 11.7 Å². The molecule has 29 heavy (non-hydrogen) atoms. The van der Waals surface area contributed by atoms with Gasteiger partial charge in [-0.25, -0.2) is 4.98 Å². The Labute approximate surface area is 163 Å². The molecular formula is C19H16F3N7. The van der Waals surface area contributed by atoms with E-state index in [-0.39, 0.29) is 5.95 Å². The molecule has 7 nitrogen and oxygen atoms in total. The summed E-state index contributed by atoms with van der Waals surface area (Å²) in [4.78, 5) is 12.9. The molecule has 0 aliphatic rings. The molecule has 3 N–H and O–H groups in total. The Morgan fingerprint density at radius 2 is 1.86 bits per heavy atom. The monoisotopic (exact) mass is 399 g/mol. The second kappa shape index (κ2) is 7.04. The van der Waals surface area contributed by atoms with Crippen LogP contribution in [0.4, 0.5) is 24.9 Å². The summed E-state index contributed by atoms with van der Waals surface area (Å²) < 4.78 is 40.1. The van der Waals surface area contributed by atoms with Gasteiger partial charge in [0.15, 0.2) is 5.65 Å². The van der Waals surface area contributed by atoms with E-state index in [2.05, 4.69) is 25.4 Å². The highest BCUT2D eigenvalue weighted by Crippen LogP contribution is 2.34. The topological polar surface area (TPSA) is 94.5 Å². The molecule has 3 heterocycles. The van der Waals surface area contributed by atoms with Crippen LogP contribution in [0.25, 0.3) is 22.3 Å². The van der Waals surface area contributed by atoms with E-state index in [1.165, 1.54) is 16.8 Å². The van der Waals surface area contributed by atoms with E-state index in [0.29, 0.717) is 34.7 Å². The second-order valence-electron chi connectivity index (χ2n) is 6.39. The Kier molecular flexibility index (Phi) is 4.53. The molecule has 0 atom stereocenters. The smallest absolute Gasteiger partial charge is 0.383 e. The number of alkyl halides is 3. The van der Waals surface area contributed by atoms with Gasteiger partial charge in [-0.2, -0.15) is 23.3 Å². The van der Waals surface area contributed by atoms with Crippen LogP contribution in [0.15, 0.2) is 48.8 Å². The van der Waals surface area contributed by atoms with Gasteiger partial charge in [-0.05, 0) is 23.8 Å². The summed E-state index contributed by atoms with van der Waals surface area (Å²) >= 11 is 0. The highest BCUT2D eigenvalue weighted by molar-refractivity contribution is 5.98. The van der Waals surface area contributed by atoms with Crippen molar-refractivity contribution in [2.75, 3.05) is 11.1 Å². The zero-order valence-electron chi connectivity index (χ0n) is 15.3. The first-order chi connectivity index (χ1) is 13.8. The van der Waals surface area contributed by atoms with Crippen LogP contribution in [0, 0.1) is 0 Å². The van der Waals surface area contributed by atoms with Crippen LogP contribution in [0.5, 0.6) is 0 Å². The number of aromatic nitrogens is 5. The van der Waals surface area contributed by atoms with Crippen molar-refractivity contribution in [3.8, 4) is 11.3 Å². The number of halogens is 3. The number of rotatable bonds is 4. The number of hydrogen-bond acceptors (Lipinski definition) is 6. The fourth-order valence-electron chi connectivity index (χ4n) is 2.90. The third-order valence-electron chi connectivity index (χ3n) is 4.40. The molecule has 148 valence electrons. The molecule has 4 aromatic rings. The first kappa shape index (κ1) is 18.7. The summed E-state index contributed by atoms with van der Waals surface area (Å²) in [5.74, 6) is 0.614. The maximum Gasteiger partial charge on any atom is 0.416 e. The van der Waals surface area contributed by atoms with Gasteiger partial charge in [-0.1, -0.05) is 18.2 Å². The lowest BCUT2D eigenvalue weighted by molar-refractivity contribution is -0.137. The van der Waals surface area contributed by atoms with Crippen molar-refractivity contribution in [2.24, 2.45) is 7.05 Å². The molecule has 4 rings (SSSR count). The zero-order chi connectivity index (χ0) is 20.6. The van der Waals surface area contributed by atoms with Gasteiger partial charge in [0.05, 0.1) is 16.6 Å². The summed E-state index contributed by atoms with van der Waals surface area (Å²) in [7, 11) is 1.66. The number of anilines is 2. The SMILES string of the molecule is Cn1nc2nc(NCc3cccnc3)nc(-c3ccc(C(F)(F)F)cc3)c2c1N. The fourth-order valence-corrected chi connectivity index (χ4v) is 2.90. The minimum atomic E-state index is -4.41. The first-order valence-electron chi connectivity index (χ1n) is 8.63. The second-order valence-corrected chi connectivity index (χ2v) is 6.39. The molecule has 0 unspecified atom stereocenters. The largest absolute Gasteiger partial charge is 0.416 e. The Balaban J connectivity index is 1.77. The van der Waals surface area contributed by atoms with Crippen molar-refractivity contribution < 1.29 is 13.2 Å². The minimum Gasteiger partial charge on any atom is -0.383 e. The van der Waals surface area contributed by atoms with Crippen LogP contribution < -0.4 is 11.1 Å². The van der Waals surface area contributed by atoms with E-state index in [9.17, 15) is 13.2 Å². The number of fused-ring (bicyclic) bond motifs is 1. The van der Waals surface area contributed by atoms with Crippen LogP contribution >= 0.6 is 0 Å². The molecule has 0 fully saturated rings. The van der Waals surface area contributed by atoms with Gasteiger partial charge >= 0.3 is 6.18 Å². The lowest BCUT2D eigenvalue weighted by Crippen LogP contribution is -2.06. The van der Waals surface area contributed by atoms with Crippen molar-refractivity contribution in [1.29, 1.82) is 0 Å². The first-order valence-corrected chi connectivity index (χ1v) is 8.63. The molecular weight excluding hydrogens is 383 g/mol. The molecule has 0 aliphatic heterocycles. The Morgan fingerprint density at radius 1 is 1.10 bits per heavy atom. The summed E-state index contributed by atoms with van der Waals surface area (Å²) in [5, 5.41) is 7.86. The fraction of sp³-hybridized carbons (Fsp3) is 0.158. The van der Waals surface area contributed by atoms with Gasteiger partial charge in [0.25, 0.3) is 0 Å². The maximum absolute atomic E-state index is 12.9. The number of nitrogens with zero attached hydrogens (tertiary/aromatic N) is 5. The standard InChI is InChI=1S/C19H16F3N7/c1-29-16(23)14-15(12-4-6-13(7-5-12)19(20,21)22)26-18(27-17(14)28-29)25-10-11-3-2-8-24-9-11/h2-9H,10,23H2,1H3,(H,25,27,28). The molecule has 0 spiro atoms. The molecule has 3 aromatic heterocycles. The average Bonchev–Trinajstić information content (AvgIpc) is 3.00. The Bertz CT molecular complexity index is 1150. The average molecular weight is 399 g/mol. The lowest BCUT2D eigenvalue weighted by Gasteiger charge is -2.10. The van der Waals surface area contributed by atoms with Crippen molar-refractivity contribution in [2.45, 2.75) is 12.7 Å². The van der Waals surface area contributed by atoms with Gasteiger partial charge in [0, 0.05) is 31.5 Å². The van der Waals surface area contributed by atoms with Crippen LogP contribution in [0.2, 0.25) is 0 Å². The van der Waals surface area contributed by atoms with Gasteiger partial charge < -0.3 is 11.1 Å². The van der Waals surface area contributed by atoms with E-state index in [4.69, 9.17) is 5.73 Å². The maximum atomic E-state index is 12.9. The number of nitrogen functional groups attached to an aromatic ring is 1. The van der Waals surface area contributed by atoms with Gasteiger partial charge in [-0.15, -0.1) is 0 Å². The van der Waals surface area contributed by atoms with E-state index in [1.807, 2.05) is 12.1 Å². The van der Waals surface area contributed by atoms with Gasteiger partial charge in [0.2, 0.25) is 5.95 Å². The van der Waals surface area contributed by atoms with Crippen molar-refractivity contribution in [3.63, 3.8) is 0 Å². The van der Waals surface area contributed by atoms with Gasteiger partial charge in [0.1, 0.15) is 5.82 Å². The van der Waals surface area contributed by atoms with Crippen LogP contribution in [0.3, 0.4) is 0 Å². The van der Waals surface area contributed by atoms with Crippen molar-refractivity contribution in [1.82, 2.24) is 24.7 Å². The summed E-state index contributed by atoms with van der Waals surface area (Å²) in [6.45, 7) is 0.425. The minimum absolute atomic E-state index is 0.286. The molecule has 0 radical (unpaired) electrons. The third kappa shape index (κ3) is 3.68. The molecule has 1 aromatic carbocycles. The number of nitrogens with two attached hydrogens (primary N) is 1. The van der Waals surface area contributed by atoms with Crippen LogP contribution in [-0.2, 0) is 19.8 Å². The van der Waals surface area contributed by atoms with E-state index in [0.717, 1.165) is 17.7 Å². The molecule has 10 heteroatoms. The highest BCUT2D eigenvalue weighted by Gasteiger charge is 2.30. The van der Waals surface area contributed by atoms with E-state index >= 15 is 0 Å². The summed E-state index contributed by atoms with van der Waals surface area (Å²) in [5.41, 5.74) is 7.53. The predicted molar refractivity (Wildman–Crippen MR) is 103 cm³/mol. The third-order valence-corrected chi connectivity index (χ3v) is 4.40. The number of pyridine rings is 1. The molecule has 0 amide bonds. The van der Waals surface area contributed by atoms with Gasteiger partial charge in [-0.3, -0.25) is 9.67 Å². The number of aryl methyl sites for hydroxylation is 1. The highest BCUT2D eigenvalue weighted by atomic mass is 19.4. The quantitative estimate of drug-likeness (QED) is 0.544. The molecule has 0 saturated carbocycles. The predicted octanol–water partition coefficient (Wildman–Crippen LogP) is 3.64. The normalized spacial score (nSPS) is 11.7. The molecule has 0 aliphatic carbocycles. The van der Waals surface area contributed by atoms with Crippen molar-refractivity contribution >= 4 is 22.8 Å². The molecule has 0 bridgehead atoms. The summed E-state index contributed by atoms with van der Waals surface area (Å²) in [6.07, 6.45) is -1.03. The molecule has 0 saturated heterocycles. The Morgan fingerprint density at radius 3 is 2.52 bits per heavy atom. The summed E-state index contributed by atoms with van der Waals surface area (Å²) in [6, 6.07) is 8.46. The number of hydrogen-bond donors (Lipinski definition) is 2. The number of nitrogens with one attached hydrogen (secondary N) is 1. The van der Waals surface area contributed by atoms with E-state index in [1.54, 1.807) is 19.4 Å². The zero-order valence-corrected chi connectivity index (χ0v) is 15.3. The number of benzene rings is 1.